The molecule has 3 N–H and O–H groups in total. The Hall–Kier alpha value is -2.33. The van der Waals surface area contributed by atoms with Crippen LogP contribution >= 0.6 is 0 Å². The molecule has 0 aliphatic carbocycles. The van der Waals surface area contributed by atoms with E-state index in [9.17, 15) is 9.90 Å². The summed E-state index contributed by atoms with van der Waals surface area (Å²) in [6, 6.07) is 20.6. The summed E-state index contributed by atoms with van der Waals surface area (Å²) in [5.41, 5.74) is 7.94. The van der Waals surface area contributed by atoms with E-state index in [0.717, 1.165) is 19.3 Å². The third-order valence-corrected chi connectivity index (χ3v) is 4.24. The van der Waals surface area contributed by atoms with Gasteiger partial charge < -0.3 is 15.7 Å². The van der Waals surface area contributed by atoms with Crippen molar-refractivity contribution in [2.24, 2.45) is 5.73 Å². The molecule has 0 aromatic heterocycles. The van der Waals surface area contributed by atoms with Crippen LogP contribution in [0.3, 0.4) is 0 Å². The number of hydrogen-bond donors (Lipinski definition) is 2. The summed E-state index contributed by atoms with van der Waals surface area (Å²) in [4.78, 5) is 13.0. The summed E-state index contributed by atoms with van der Waals surface area (Å²) in [6.45, 7) is 1.67. The second kappa shape index (κ2) is 9.73. The minimum Gasteiger partial charge on any atom is -0.465 e. The second-order valence-electron chi connectivity index (χ2n) is 5.93. The molecule has 2 rings (SSSR count). The van der Waals surface area contributed by atoms with Gasteiger partial charge in [-0.05, 0) is 36.9 Å². The van der Waals surface area contributed by atoms with Crippen LogP contribution in [0.4, 0.5) is 4.79 Å². The van der Waals surface area contributed by atoms with Gasteiger partial charge in [0.05, 0.1) is 0 Å². The van der Waals surface area contributed by atoms with Crippen LogP contribution in [-0.2, 0) is 0 Å². The number of unbranched alkanes of at least 4 members (excludes halogenated alkanes) is 1. The van der Waals surface area contributed by atoms with Crippen LogP contribution in [0.2, 0.25) is 0 Å². The van der Waals surface area contributed by atoms with Crippen molar-refractivity contribution < 1.29 is 9.90 Å². The maximum absolute atomic E-state index is 11.5. The highest BCUT2D eigenvalue weighted by Gasteiger charge is 2.18. The molecule has 0 heterocycles. The summed E-state index contributed by atoms with van der Waals surface area (Å²) in [5, 5.41) is 9.42. The van der Waals surface area contributed by atoms with Crippen LogP contribution in [0.5, 0.6) is 0 Å². The molecular weight excluding hydrogens is 300 g/mol. The lowest BCUT2D eigenvalue weighted by atomic mass is 9.88. The first-order valence-corrected chi connectivity index (χ1v) is 8.50. The van der Waals surface area contributed by atoms with Crippen molar-refractivity contribution >= 4 is 6.09 Å². The molecule has 0 aliphatic heterocycles. The van der Waals surface area contributed by atoms with Gasteiger partial charge in [0.1, 0.15) is 0 Å². The normalized spacial score (nSPS) is 10.8. The van der Waals surface area contributed by atoms with E-state index in [2.05, 4.69) is 24.3 Å². The fraction of sp³-hybridized carbons (Fsp3) is 0.350. The highest BCUT2D eigenvalue weighted by molar-refractivity contribution is 5.64. The lowest BCUT2D eigenvalue weighted by Gasteiger charge is -2.24. The Balaban J connectivity index is 2.09. The summed E-state index contributed by atoms with van der Waals surface area (Å²) in [6.07, 6.45) is 1.57. The molecular formula is C20H26N2O2. The van der Waals surface area contributed by atoms with E-state index in [4.69, 9.17) is 5.73 Å². The van der Waals surface area contributed by atoms with E-state index < -0.39 is 6.09 Å². The molecule has 0 atom stereocenters. The Morgan fingerprint density at radius 3 is 1.92 bits per heavy atom. The maximum atomic E-state index is 11.5. The summed E-state index contributed by atoms with van der Waals surface area (Å²) < 4.78 is 0. The van der Waals surface area contributed by atoms with Gasteiger partial charge in [0, 0.05) is 19.0 Å². The molecule has 0 spiro atoms. The first-order valence-electron chi connectivity index (χ1n) is 8.50. The van der Waals surface area contributed by atoms with Crippen molar-refractivity contribution in [1.29, 1.82) is 0 Å². The Labute approximate surface area is 143 Å². The van der Waals surface area contributed by atoms with Crippen molar-refractivity contribution in [3.8, 4) is 0 Å². The third kappa shape index (κ3) is 5.39. The van der Waals surface area contributed by atoms with E-state index in [0.29, 0.717) is 19.6 Å². The molecule has 1 amide bonds. The lowest BCUT2D eigenvalue weighted by molar-refractivity contribution is 0.143. The first kappa shape index (κ1) is 18.0. The van der Waals surface area contributed by atoms with E-state index in [1.54, 1.807) is 0 Å². The topological polar surface area (TPSA) is 66.6 Å². The number of amides is 1. The third-order valence-electron chi connectivity index (χ3n) is 4.24. The van der Waals surface area contributed by atoms with Gasteiger partial charge in [0.25, 0.3) is 0 Å². The Morgan fingerprint density at radius 2 is 1.46 bits per heavy atom. The molecule has 0 unspecified atom stereocenters. The van der Waals surface area contributed by atoms with Gasteiger partial charge in [-0.15, -0.1) is 0 Å². The molecule has 0 bridgehead atoms. The first-order chi connectivity index (χ1) is 11.7. The summed E-state index contributed by atoms with van der Waals surface area (Å²) in [5.74, 6) is 0.198. The number of hydrogen-bond acceptors (Lipinski definition) is 2. The molecule has 0 fully saturated rings. The fourth-order valence-electron chi connectivity index (χ4n) is 2.93. The van der Waals surface area contributed by atoms with Gasteiger partial charge in [0.15, 0.2) is 0 Å². The van der Waals surface area contributed by atoms with Crippen molar-refractivity contribution in [2.75, 3.05) is 19.6 Å². The van der Waals surface area contributed by atoms with E-state index in [1.165, 1.54) is 16.0 Å². The second-order valence-corrected chi connectivity index (χ2v) is 5.93. The highest BCUT2D eigenvalue weighted by atomic mass is 16.4. The van der Waals surface area contributed by atoms with Crippen LogP contribution < -0.4 is 5.73 Å². The van der Waals surface area contributed by atoms with Crippen LogP contribution in [0.15, 0.2) is 60.7 Å². The average molecular weight is 326 g/mol. The Kier molecular flexibility index (Phi) is 7.30. The zero-order valence-corrected chi connectivity index (χ0v) is 14.0. The number of carbonyl (C=O) groups is 1. The number of carboxylic acid groups (broad SMARTS) is 1. The van der Waals surface area contributed by atoms with Crippen molar-refractivity contribution in [1.82, 2.24) is 4.90 Å². The summed E-state index contributed by atoms with van der Waals surface area (Å²) >= 11 is 0. The number of benzene rings is 2. The molecule has 4 nitrogen and oxygen atoms in total. The molecule has 2 aromatic carbocycles. The maximum Gasteiger partial charge on any atom is 0.407 e. The van der Waals surface area contributed by atoms with Crippen molar-refractivity contribution in [2.45, 2.75) is 25.2 Å². The minimum atomic E-state index is -0.855. The minimum absolute atomic E-state index is 0.198. The van der Waals surface area contributed by atoms with Crippen LogP contribution in [0.1, 0.15) is 36.3 Å². The Morgan fingerprint density at radius 1 is 0.917 bits per heavy atom. The largest absolute Gasteiger partial charge is 0.465 e. The monoisotopic (exact) mass is 326 g/mol. The number of rotatable bonds is 9. The highest BCUT2D eigenvalue weighted by Crippen LogP contribution is 2.28. The number of nitrogens with two attached hydrogens (primary N) is 1. The number of nitrogens with zero attached hydrogens (tertiary/aromatic N) is 1. The van der Waals surface area contributed by atoms with Crippen LogP contribution in [-0.4, -0.2) is 35.7 Å². The lowest BCUT2D eigenvalue weighted by Crippen LogP contribution is -2.32. The predicted octanol–water partition coefficient (Wildman–Crippen LogP) is 3.93. The zero-order chi connectivity index (χ0) is 17.2. The van der Waals surface area contributed by atoms with Gasteiger partial charge >= 0.3 is 6.09 Å². The van der Waals surface area contributed by atoms with Crippen LogP contribution in [0.25, 0.3) is 0 Å². The molecule has 128 valence electrons. The van der Waals surface area contributed by atoms with Gasteiger partial charge in [-0.3, -0.25) is 0 Å². The quantitative estimate of drug-likeness (QED) is 0.686. The molecule has 24 heavy (non-hydrogen) atoms. The van der Waals surface area contributed by atoms with Gasteiger partial charge in [-0.2, -0.15) is 0 Å². The van der Waals surface area contributed by atoms with Gasteiger partial charge in [0.2, 0.25) is 0 Å². The molecule has 2 aromatic rings. The summed E-state index contributed by atoms with van der Waals surface area (Å²) in [7, 11) is 0. The molecule has 0 saturated heterocycles. The van der Waals surface area contributed by atoms with Crippen molar-refractivity contribution in [3.63, 3.8) is 0 Å². The van der Waals surface area contributed by atoms with Crippen LogP contribution in [0, 0.1) is 0 Å². The van der Waals surface area contributed by atoms with E-state index in [-0.39, 0.29) is 5.92 Å². The van der Waals surface area contributed by atoms with Crippen molar-refractivity contribution in [3.05, 3.63) is 71.8 Å². The molecule has 0 saturated carbocycles. The standard InChI is InChI=1S/C20H26N2O2/c21-14-7-8-15-22(20(23)24)16-13-19(17-9-3-1-4-10-17)18-11-5-2-6-12-18/h1-6,9-12,19H,7-8,13-16,21H2,(H,23,24). The van der Waals surface area contributed by atoms with Gasteiger partial charge in [-0.25, -0.2) is 4.79 Å². The van der Waals surface area contributed by atoms with E-state index in [1.807, 2.05) is 36.4 Å². The SMILES string of the molecule is NCCCCN(CCC(c1ccccc1)c1ccccc1)C(=O)O. The predicted molar refractivity (Wildman–Crippen MR) is 97.2 cm³/mol. The smallest absolute Gasteiger partial charge is 0.407 e. The molecule has 4 heteroatoms. The average Bonchev–Trinajstić information content (AvgIpc) is 2.62. The molecule has 0 radical (unpaired) electrons. The Bertz CT molecular complexity index is 562. The zero-order valence-electron chi connectivity index (χ0n) is 14.0. The van der Waals surface area contributed by atoms with E-state index >= 15 is 0 Å². The molecule has 0 aliphatic rings. The fourth-order valence-corrected chi connectivity index (χ4v) is 2.93. The van der Waals surface area contributed by atoms with Gasteiger partial charge in [-0.1, -0.05) is 60.7 Å².